The predicted molar refractivity (Wildman–Crippen MR) is 54.5 cm³/mol. The number of nitrogens with two attached hydrogens (primary N) is 1. The fourth-order valence-electron chi connectivity index (χ4n) is 1.45. The normalized spacial score (nSPS) is 22.0. The Morgan fingerprint density at radius 2 is 2.33 bits per heavy atom. The summed E-state index contributed by atoms with van der Waals surface area (Å²) in [6, 6.07) is 6.14. The SMILES string of the molecule is N[C@H]1CSCc2c(Cl)cccc21. The van der Waals surface area contributed by atoms with Crippen LogP contribution in [0, 0.1) is 0 Å². The van der Waals surface area contributed by atoms with Crippen LogP contribution in [0.1, 0.15) is 17.2 Å². The predicted octanol–water partition coefficient (Wildman–Crippen LogP) is 2.59. The molecule has 0 amide bonds. The molecular weight excluding hydrogens is 190 g/mol. The third kappa shape index (κ3) is 1.35. The van der Waals surface area contributed by atoms with Crippen LogP contribution in [-0.2, 0) is 5.75 Å². The van der Waals surface area contributed by atoms with Gasteiger partial charge in [-0.05, 0) is 17.2 Å². The molecule has 0 radical (unpaired) electrons. The van der Waals surface area contributed by atoms with Crippen molar-refractivity contribution >= 4 is 23.4 Å². The fourth-order valence-corrected chi connectivity index (χ4v) is 2.86. The third-order valence-electron chi connectivity index (χ3n) is 2.10. The molecule has 0 fully saturated rings. The van der Waals surface area contributed by atoms with Gasteiger partial charge >= 0.3 is 0 Å². The molecule has 0 saturated heterocycles. The van der Waals surface area contributed by atoms with Crippen LogP contribution in [0.2, 0.25) is 5.02 Å². The highest BCUT2D eigenvalue weighted by molar-refractivity contribution is 7.98. The summed E-state index contributed by atoms with van der Waals surface area (Å²) in [4.78, 5) is 0. The lowest BCUT2D eigenvalue weighted by atomic mass is 10.0. The lowest BCUT2D eigenvalue weighted by Gasteiger charge is -2.22. The van der Waals surface area contributed by atoms with E-state index in [0.29, 0.717) is 0 Å². The molecule has 1 aromatic rings. The monoisotopic (exact) mass is 199 g/mol. The van der Waals surface area contributed by atoms with Crippen molar-refractivity contribution in [2.45, 2.75) is 11.8 Å². The summed E-state index contributed by atoms with van der Waals surface area (Å²) >= 11 is 7.89. The zero-order valence-electron chi connectivity index (χ0n) is 6.59. The third-order valence-corrected chi connectivity index (χ3v) is 3.54. The Balaban J connectivity index is 2.52. The smallest absolute Gasteiger partial charge is 0.0449 e. The molecule has 1 aromatic carbocycles. The Hall–Kier alpha value is -0.180. The van der Waals surface area contributed by atoms with Crippen LogP contribution >= 0.6 is 23.4 Å². The van der Waals surface area contributed by atoms with E-state index in [-0.39, 0.29) is 6.04 Å². The molecule has 2 rings (SSSR count). The van der Waals surface area contributed by atoms with Gasteiger partial charge < -0.3 is 5.73 Å². The van der Waals surface area contributed by atoms with E-state index in [1.165, 1.54) is 11.1 Å². The fraction of sp³-hybridized carbons (Fsp3) is 0.333. The van der Waals surface area contributed by atoms with Crippen molar-refractivity contribution in [1.82, 2.24) is 0 Å². The summed E-state index contributed by atoms with van der Waals surface area (Å²) in [7, 11) is 0. The zero-order chi connectivity index (χ0) is 8.55. The van der Waals surface area contributed by atoms with Crippen molar-refractivity contribution < 1.29 is 0 Å². The zero-order valence-corrected chi connectivity index (χ0v) is 8.16. The maximum Gasteiger partial charge on any atom is 0.0449 e. The first-order chi connectivity index (χ1) is 5.79. The van der Waals surface area contributed by atoms with E-state index in [1.807, 2.05) is 23.9 Å². The van der Waals surface area contributed by atoms with Gasteiger partial charge in [0.15, 0.2) is 0 Å². The maximum absolute atomic E-state index is 6.04. The summed E-state index contributed by atoms with van der Waals surface area (Å²) in [6.45, 7) is 0. The van der Waals surface area contributed by atoms with Gasteiger partial charge in [0.25, 0.3) is 0 Å². The molecule has 2 N–H and O–H groups in total. The van der Waals surface area contributed by atoms with Crippen LogP contribution < -0.4 is 5.73 Å². The minimum Gasteiger partial charge on any atom is -0.323 e. The molecule has 0 spiro atoms. The molecule has 0 saturated carbocycles. The van der Waals surface area contributed by atoms with E-state index >= 15 is 0 Å². The molecule has 0 unspecified atom stereocenters. The van der Waals surface area contributed by atoms with Crippen molar-refractivity contribution in [1.29, 1.82) is 0 Å². The molecule has 0 aliphatic carbocycles. The second kappa shape index (κ2) is 3.29. The highest BCUT2D eigenvalue weighted by atomic mass is 35.5. The maximum atomic E-state index is 6.04. The van der Waals surface area contributed by atoms with Gasteiger partial charge in [0, 0.05) is 22.6 Å². The van der Waals surface area contributed by atoms with Crippen LogP contribution in [0.15, 0.2) is 18.2 Å². The molecule has 0 aromatic heterocycles. The first-order valence-electron chi connectivity index (χ1n) is 3.89. The average Bonchev–Trinajstić information content (AvgIpc) is 2.07. The van der Waals surface area contributed by atoms with Crippen molar-refractivity contribution in [3.05, 3.63) is 34.3 Å². The largest absolute Gasteiger partial charge is 0.323 e. The Kier molecular flexibility index (Phi) is 2.31. The lowest BCUT2D eigenvalue weighted by molar-refractivity contribution is 0.809. The van der Waals surface area contributed by atoms with Gasteiger partial charge in [-0.3, -0.25) is 0 Å². The summed E-state index contributed by atoms with van der Waals surface area (Å²) in [5.41, 5.74) is 8.38. The summed E-state index contributed by atoms with van der Waals surface area (Å²) in [5.74, 6) is 2.01. The van der Waals surface area contributed by atoms with E-state index in [1.54, 1.807) is 0 Å². The summed E-state index contributed by atoms with van der Waals surface area (Å²) in [5, 5.41) is 0.857. The van der Waals surface area contributed by atoms with Crippen molar-refractivity contribution in [3.8, 4) is 0 Å². The molecular formula is C9H10ClNS. The van der Waals surface area contributed by atoms with Crippen LogP contribution in [-0.4, -0.2) is 5.75 Å². The lowest BCUT2D eigenvalue weighted by Crippen LogP contribution is -2.18. The van der Waals surface area contributed by atoms with Crippen LogP contribution in [0.3, 0.4) is 0 Å². The standard InChI is InChI=1S/C9H10ClNS/c10-8-3-1-2-6-7(8)4-12-5-9(6)11/h1-3,9H,4-5,11H2/t9-/m0/s1. The molecule has 12 heavy (non-hydrogen) atoms. The Morgan fingerprint density at radius 3 is 3.08 bits per heavy atom. The molecule has 1 heterocycles. The average molecular weight is 200 g/mol. The Labute approximate surface area is 81.3 Å². The van der Waals surface area contributed by atoms with Crippen LogP contribution in [0.4, 0.5) is 0 Å². The molecule has 64 valence electrons. The van der Waals surface area contributed by atoms with Crippen molar-refractivity contribution in [3.63, 3.8) is 0 Å². The topological polar surface area (TPSA) is 26.0 Å². The molecule has 1 nitrogen and oxygen atoms in total. The molecule has 0 bridgehead atoms. The first kappa shape index (κ1) is 8.42. The van der Waals surface area contributed by atoms with Crippen molar-refractivity contribution in [2.75, 3.05) is 5.75 Å². The van der Waals surface area contributed by atoms with Gasteiger partial charge in [0.2, 0.25) is 0 Å². The van der Waals surface area contributed by atoms with E-state index in [0.717, 1.165) is 16.5 Å². The van der Waals surface area contributed by atoms with E-state index in [4.69, 9.17) is 17.3 Å². The number of thioether (sulfide) groups is 1. The van der Waals surface area contributed by atoms with E-state index in [9.17, 15) is 0 Å². The second-order valence-corrected chi connectivity index (χ2v) is 4.37. The molecule has 1 aliphatic heterocycles. The number of benzene rings is 1. The minimum absolute atomic E-state index is 0.164. The number of hydrogen-bond acceptors (Lipinski definition) is 2. The highest BCUT2D eigenvalue weighted by Crippen LogP contribution is 2.34. The van der Waals surface area contributed by atoms with Gasteiger partial charge in [0.05, 0.1) is 0 Å². The van der Waals surface area contributed by atoms with Gasteiger partial charge in [-0.2, -0.15) is 11.8 Å². The second-order valence-electron chi connectivity index (χ2n) is 2.93. The number of halogens is 1. The quantitative estimate of drug-likeness (QED) is 0.695. The van der Waals surface area contributed by atoms with Crippen LogP contribution in [0.25, 0.3) is 0 Å². The van der Waals surface area contributed by atoms with Gasteiger partial charge in [-0.15, -0.1) is 0 Å². The molecule has 1 aliphatic rings. The van der Waals surface area contributed by atoms with E-state index in [2.05, 4.69) is 6.07 Å². The Bertz CT molecular complexity index is 301. The minimum atomic E-state index is 0.164. The van der Waals surface area contributed by atoms with Crippen LogP contribution in [0.5, 0.6) is 0 Å². The van der Waals surface area contributed by atoms with Gasteiger partial charge in [-0.1, -0.05) is 23.7 Å². The van der Waals surface area contributed by atoms with Gasteiger partial charge in [0.1, 0.15) is 0 Å². The summed E-state index contributed by atoms with van der Waals surface area (Å²) in [6.07, 6.45) is 0. The van der Waals surface area contributed by atoms with Gasteiger partial charge in [-0.25, -0.2) is 0 Å². The first-order valence-corrected chi connectivity index (χ1v) is 5.43. The van der Waals surface area contributed by atoms with Crippen molar-refractivity contribution in [2.24, 2.45) is 5.73 Å². The number of fused-ring (bicyclic) bond motifs is 1. The highest BCUT2D eigenvalue weighted by Gasteiger charge is 2.18. The number of hydrogen-bond donors (Lipinski definition) is 1. The Morgan fingerprint density at radius 1 is 1.50 bits per heavy atom. The summed E-state index contributed by atoms with van der Waals surface area (Å²) < 4.78 is 0. The van der Waals surface area contributed by atoms with E-state index < -0.39 is 0 Å². The molecule has 3 heteroatoms. The number of rotatable bonds is 0. The molecule has 1 atom stereocenters.